The second kappa shape index (κ2) is 9.33. The highest BCUT2D eigenvalue weighted by Gasteiger charge is 2.19. The monoisotopic (exact) mass is 415 g/mol. The number of rotatable bonds is 8. The van der Waals surface area contributed by atoms with E-state index in [9.17, 15) is 4.79 Å². The van der Waals surface area contributed by atoms with Gasteiger partial charge in [0, 0.05) is 29.4 Å². The number of aromatic nitrogens is 2. The topological polar surface area (TPSA) is 95.7 Å². The zero-order valence-electron chi connectivity index (χ0n) is 16.5. The molecule has 152 valence electrons. The predicted molar refractivity (Wildman–Crippen MR) is 110 cm³/mol. The maximum Gasteiger partial charge on any atom is 0.277 e. The first kappa shape index (κ1) is 20.5. The van der Waals surface area contributed by atoms with Gasteiger partial charge in [0.15, 0.2) is 0 Å². The lowest BCUT2D eigenvalue weighted by molar-refractivity contribution is -0.115. The second-order valence-corrected chi connectivity index (χ2v) is 7.24. The molecule has 29 heavy (non-hydrogen) atoms. The lowest BCUT2D eigenvalue weighted by Gasteiger charge is -2.12. The fourth-order valence-electron chi connectivity index (χ4n) is 2.44. The Kier molecular flexibility index (Phi) is 6.61. The number of anilines is 1. The summed E-state index contributed by atoms with van der Waals surface area (Å²) in [5.74, 6) is 2.07. The first-order valence-corrected chi connectivity index (χ1v) is 9.59. The normalized spacial score (nSPS) is 11.6. The van der Waals surface area contributed by atoms with Crippen molar-refractivity contribution in [1.29, 1.82) is 0 Å². The number of ether oxygens (including phenoxy) is 3. The molecule has 1 aromatic heterocycles. The Morgan fingerprint density at radius 2 is 1.59 bits per heavy atom. The van der Waals surface area contributed by atoms with Crippen molar-refractivity contribution in [2.75, 3.05) is 26.6 Å². The number of methoxy groups -OCH3 is 3. The van der Waals surface area contributed by atoms with Gasteiger partial charge in [-0.3, -0.25) is 4.79 Å². The summed E-state index contributed by atoms with van der Waals surface area (Å²) >= 11 is 1.17. The molecule has 0 aliphatic rings. The molecule has 0 saturated carbocycles. The predicted octanol–water partition coefficient (Wildman–Crippen LogP) is 3.88. The first-order valence-electron chi connectivity index (χ1n) is 8.71. The van der Waals surface area contributed by atoms with E-state index in [1.165, 1.54) is 11.8 Å². The van der Waals surface area contributed by atoms with E-state index in [2.05, 4.69) is 15.5 Å². The molecule has 0 radical (unpaired) electrons. The first-order chi connectivity index (χ1) is 14.0. The Balaban J connectivity index is 1.65. The molecule has 1 N–H and O–H groups in total. The Morgan fingerprint density at radius 1 is 0.966 bits per heavy atom. The fourth-order valence-corrected chi connectivity index (χ4v) is 3.12. The second-order valence-electron chi connectivity index (χ2n) is 5.95. The van der Waals surface area contributed by atoms with Gasteiger partial charge in [0.05, 0.1) is 26.6 Å². The van der Waals surface area contributed by atoms with Gasteiger partial charge < -0.3 is 23.9 Å². The maximum atomic E-state index is 12.5. The molecule has 1 atom stereocenters. The molecule has 3 rings (SSSR count). The minimum absolute atomic E-state index is 0.213. The molecule has 0 spiro atoms. The van der Waals surface area contributed by atoms with E-state index in [-0.39, 0.29) is 5.91 Å². The minimum atomic E-state index is -0.462. The summed E-state index contributed by atoms with van der Waals surface area (Å²) in [5, 5.41) is 10.7. The van der Waals surface area contributed by atoms with Crippen molar-refractivity contribution in [2.24, 2.45) is 0 Å². The van der Waals surface area contributed by atoms with Crippen LogP contribution in [0.3, 0.4) is 0 Å². The van der Waals surface area contributed by atoms with E-state index in [1.54, 1.807) is 46.5 Å². The van der Waals surface area contributed by atoms with Gasteiger partial charge in [-0.25, -0.2) is 0 Å². The Labute approximate surface area is 172 Å². The highest BCUT2D eigenvalue weighted by atomic mass is 32.2. The van der Waals surface area contributed by atoms with Crippen molar-refractivity contribution >= 4 is 23.4 Å². The fraction of sp³-hybridized carbons (Fsp3) is 0.250. The van der Waals surface area contributed by atoms with Crippen LogP contribution in [0.5, 0.6) is 17.2 Å². The van der Waals surface area contributed by atoms with Gasteiger partial charge >= 0.3 is 0 Å². The number of nitrogens with one attached hydrogen (secondary N) is 1. The molecular formula is C20H21N3O5S. The average molecular weight is 415 g/mol. The number of amides is 1. The molecule has 0 aliphatic heterocycles. The molecule has 0 fully saturated rings. The average Bonchev–Trinajstić information content (AvgIpc) is 3.21. The number of hydrogen-bond acceptors (Lipinski definition) is 8. The van der Waals surface area contributed by atoms with Gasteiger partial charge in [-0.2, -0.15) is 0 Å². The quantitative estimate of drug-likeness (QED) is 0.554. The minimum Gasteiger partial charge on any atom is -0.497 e. The smallest absolute Gasteiger partial charge is 0.277 e. The van der Waals surface area contributed by atoms with E-state index in [4.69, 9.17) is 18.6 Å². The van der Waals surface area contributed by atoms with Gasteiger partial charge in [0.2, 0.25) is 11.8 Å². The van der Waals surface area contributed by atoms with Gasteiger partial charge in [0.25, 0.3) is 5.22 Å². The number of hydrogen-bond donors (Lipinski definition) is 1. The molecule has 3 aromatic rings. The molecular weight excluding hydrogens is 394 g/mol. The summed E-state index contributed by atoms with van der Waals surface area (Å²) in [7, 11) is 4.70. The summed E-state index contributed by atoms with van der Waals surface area (Å²) in [6.45, 7) is 1.76. The van der Waals surface area contributed by atoms with Crippen molar-refractivity contribution in [3.8, 4) is 28.7 Å². The van der Waals surface area contributed by atoms with Crippen LogP contribution in [-0.4, -0.2) is 42.7 Å². The van der Waals surface area contributed by atoms with Gasteiger partial charge in [-0.05, 0) is 31.2 Å². The number of nitrogens with zero attached hydrogens (tertiary/aromatic N) is 2. The molecule has 9 heteroatoms. The summed E-state index contributed by atoms with van der Waals surface area (Å²) in [5.41, 5.74) is 1.34. The summed E-state index contributed by atoms with van der Waals surface area (Å²) < 4.78 is 21.2. The number of thioether (sulfide) groups is 1. The van der Waals surface area contributed by atoms with Crippen LogP contribution in [0.4, 0.5) is 5.69 Å². The van der Waals surface area contributed by atoms with E-state index in [1.807, 2.05) is 24.3 Å². The van der Waals surface area contributed by atoms with Gasteiger partial charge in [-0.15, -0.1) is 10.2 Å². The molecule has 0 bridgehead atoms. The maximum absolute atomic E-state index is 12.5. The number of carbonyl (C=O) groups is 1. The molecule has 1 heterocycles. The Morgan fingerprint density at radius 3 is 2.17 bits per heavy atom. The molecule has 8 nitrogen and oxygen atoms in total. The van der Waals surface area contributed by atoms with Crippen molar-refractivity contribution in [2.45, 2.75) is 17.4 Å². The lowest BCUT2D eigenvalue weighted by atomic mass is 10.2. The lowest BCUT2D eigenvalue weighted by Crippen LogP contribution is -2.22. The van der Waals surface area contributed by atoms with E-state index >= 15 is 0 Å². The molecule has 1 unspecified atom stereocenters. The standard InChI is InChI=1S/C20H21N3O5S/c1-12(18(24)21-14-9-16(26-3)11-17(10-14)27-4)29-20-23-22-19(28-20)13-5-7-15(25-2)8-6-13/h5-12H,1-4H3,(H,21,24). The van der Waals surface area contributed by atoms with Crippen molar-refractivity contribution in [3.63, 3.8) is 0 Å². The van der Waals surface area contributed by atoms with Crippen molar-refractivity contribution < 1.29 is 23.4 Å². The zero-order chi connectivity index (χ0) is 20.8. The van der Waals surface area contributed by atoms with Crippen LogP contribution in [0.15, 0.2) is 52.1 Å². The van der Waals surface area contributed by atoms with Crippen molar-refractivity contribution in [1.82, 2.24) is 10.2 Å². The van der Waals surface area contributed by atoms with Crippen LogP contribution in [-0.2, 0) is 4.79 Å². The number of carbonyl (C=O) groups excluding carboxylic acids is 1. The molecule has 0 aliphatic carbocycles. The third-order valence-corrected chi connectivity index (χ3v) is 4.94. The van der Waals surface area contributed by atoms with Crippen molar-refractivity contribution in [3.05, 3.63) is 42.5 Å². The summed E-state index contributed by atoms with van der Waals surface area (Å²) in [4.78, 5) is 12.5. The zero-order valence-corrected chi connectivity index (χ0v) is 17.3. The SMILES string of the molecule is COc1ccc(-c2nnc(SC(C)C(=O)Nc3cc(OC)cc(OC)c3)o2)cc1. The van der Waals surface area contributed by atoms with Crippen LogP contribution in [0.2, 0.25) is 0 Å². The highest BCUT2D eigenvalue weighted by molar-refractivity contribution is 8.00. The van der Waals surface area contributed by atoms with Gasteiger partial charge in [0.1, 0.15) is 17.2 Å². The van der Waals surface area contributed by atoms with Crippen LogP contribution in [0.1, 0.15) is 6.92 Å². The van der Waals surface area contributed by atoms with Crippen LogP contribution in [0, 0.1) is 0 Å². The number of benzene rings is 2. The molecule has 0 saturated heterocycles. The highest BCUT2D eigenvalue weighted by Crippen LogP contribution is 2.29. The van der Waals surface area contributed by atoms with E-state index in [0.717, 1.165) is 11.3 Å². The van der Waals surface area contributed by atoms with Gasteiger partial charge in [-0.1, -0.05) is 11.8 Å². The van der Waals surface area contributed by atoms with Crippen LogP contribution in [0.25, 0.3) is 11.5 Å². The summed E-state index contributed by atoms with van der Waals surface area (Å²) in [6.07, 6.45) is 0. The molecule has 2 aromatic carbocycles. The largest absolute Gasteiger partial charge is 0.497 e. The molecule has 1 amide bonds. The Bertz CT molecular complexity index is 952. The van der Waals surface area contributed by atoms with Crippen LogP contribution >= 0.6 is 11.8 Å². The van der Waals surface area contributed by atoms with E-state index < -0.39 is 5.25 Å². The van der Waals surface area contributed by atoms with E-state index in [0.29, 0.717) is 28.3 Å². The summed E-state index contributed by atoms with van der Waals surface area (Å²) in [6, 6.07) is 12.4. The third kappa shape index (κ3) is 5.20. The Hall–Kier alpha value is -3.20. The third-order valence-electron chi connectivity index (χ3n) is 4.01. The van der Waals surface area contributed by atoms with Crippen LogP contribution < -0.4 is 19.5 Å².